The van der Waals surface area contributed by atoms with Crippen LogP contribution in [-0.2, 0) is 10.4 Å². The van der Waals surface area contributed by atoms with Gasteiger partial charge in [-0.2, -0.15) is 0 Å². The molecule has 0 aliphatic carbocycles. The molecule has 0 spiro atoms. The highest BCUT2D eigenvalue weighted by molar-refractivity contribution is 6.01. The van der Waals surface area contributed by atoms with E-state index in [1.54, 1.807) is 79.7 Å². The van der Waals surface area contributed by atoms with Gasteiger partial charge in [0, 0.05) is 10.4 Å². The van der Waals surface area contributed by atoms with Crippen molar-refractivity contribution in [1.29, 1.82) is 0 Å². The smallest absolute Gasteiger partial charge is 0.316 e. The van der Waals surface area contributed by atoms with Crippen molar-refractivity contribution < 1.29 is 19.9 Å². The zero-order valence-corrected chi connectivity index (χ0v) is 17.7. The summed E-state index contributed by atoms with van der Waals surface area (Å²) >= 11 is 0. The standard InChI is InChI=1S/C20H28N4O4/c1-17(2)18(3,4)22(26)15(21(17)25)13-10-9-11-14(12-13)16-23(27)19(5,6)20(7,8)24(16)28/h9-12H,1-8H3. The van der Waals surface area contributed by atoms with Gasteiger partial charge in [0.15, 0.2) is 11.1 Å². The largest absolute Gasteiger partial charge is 0.714 e. The Morgan fingerprint density at radius 3 is 1.29 bits per heavy atom. The number of hydroxylamine groups is 6. The van der Waals surface area contributed by atoms with Gasteiger partial charge >= 0.3 is 11.7 Å². The van der Waals surface area contributed by atoms with Crippen molar-refractivity contribution >= 4 is 11.7 Å². The summed E-state index contributed by atoms with van der Waals surface area (Å²) in [5, 5.41) is 53.1. The van der Waals surface area contributed by atoms with Gasteiger partial charge in [0.05, 0.1) is 11.1 Å². The molecule has 2 aliphatic heterocycles. The van der Waals surface area contributed by atoms with Crippen LogP contribution in [0.3, 0.4) is 0 Å². The number of amidine groups is 2. The first kappa shape index (κ1) is 20.4. The maximum Gasteiger partial charge on any atom is 0.316 e. The topological polar surface area (TPSA) is 98.4 Å². The van der Waals surface area contributed by atoms with E-state index in [4.69, 9.17) is 0 Å². The van der Waals surface area contributed by atoms with Crippen molar-refractivity contribution in [1.82, 2.24) is 10.1 Å². The van der Waals surface area contributed by atoms with Crippen LogP contribution in [0.15, 0.2) is 24.3 Å². The van der Waals surface area contributed by atoms with E-state index in [9.17, 15) is 20.8 Å². The molecule has 1 aromatic carbocycles. The quantitative estimate of drug-likeness (QED) is 0.574. The number of benzene rings is 1. The Balaban J connectivity index is 2.16. The fourth-order valence-electron chi connectivity index (χ4n) is 3.48. The molecule has 8 nitrogen and oxygen atoms in total. The second-order valence-corrected chi connectivity index (χ2v) is 9.64. The van der Waals surface area contributed by atoms with Crippen LogP contribution in [0.2, 0.25) is 0 Å². The van der Waals surface area contributed by atoms with Crippen LogP contribution in [0.5, 0.6) is 0 Å². The summed E-state index contributed by atoms with van der Waals surface area (Å²) in [6, 6.07) is 6.49. The molecular weight excluding hydrogens is 360 g/mol. The van der Waals surface area contributed by atoms with Gasteiger partial charge in [-0.1, -0.05) is 16.2 Å². The molecule has 2 heterocycles. The van der Waals surface area contributed by atoms with Gasteiger partial charge in [-0.3, -0.25) is 9.48 Å². The predicted molar refractivity (Wildman–Crippen MR) is 103 cm³/mol. The second-order valence-electron chi connectivity index (χ2n) is 9.64. The molecule has 0 bridgehead atoms. The highest BCUT2D eigenvalue weighted by Gasteiger charge is 2.61. The van der Waals surface area contributed by atoms with Crippen LogP contribution in [0.25, 0.3) is 0 Å². The maximum atomic E-state index is 12.9. The lowest BCUT2D eigenvalue weighted by Crippen LogP contribution is -2.53. The number of rotatable bonds is 2. The Morgan fingerprint density at radius 1 is 0.714 bits per heavy atom. The van der Waals surface area contributed by atoms with Gasteiger partial charge in [0.2, 0.25) is 0 Å². The van der Waals surface area contributed by atoms with E-state index in [1.165, 1.54) is 0 Å². The summed E-state index contributed by atoms with van der Waals surface area (Å²) in [5.41, 5.74) is -3.03. The number of hydrogen-bond donors (Lipinski definition) is 0. The van der Waals surface area contributed by atoms with Gasteiger partial charge in [-0.15, -0.1) is 0 Å². The normalized spacial score (nSPS) is 25.1. The van der Waals surface area contributed by atoms with E-state index in [0.717, 1.165) is 19.6 Å². The minimum absolute atomic E-state index is 0.0242. The molecule has 2 aliphatic rings. The van der Waals surface area contributed by atoms with Gasteiger partial charge in [0.25, 0.3) is 0 Å². The Kier molecular flexibility index (Phi) is 4.09. The van der Waals surface area contributed by atoms with Crippen LogP contribution in [0.1, 0.15) is 66.5 Å². The van der Waals surface area contributed by atoms with Crippen molar-refractivity contribution in [2.45, 2.75) is 77.5 Å². The molecule has 0 atom stereocenters. The Labute approximate surface area is 165 Å². The second kappa shape index (κ2) is 5.61. The van der Waals surface area contributed by atoms with Gasteiger partial charge < -0.3 is 10.4 Å². The van der Waals surface area contributed by atoms with Crippen molar-refractivity contribution in [3.8, 4) is 0 Å². The van der Waals surface area contributed by atoms with Gasteiger partial charge in [-0.05, 0) is 73.6 Å². The Bertz CT molecular complexity index is 830. The summed E-state index contributed by atoms with van der Waals surface area (Å²) in [5.74, 6) is -0.0484. The number of hydrogen-bond acceptors (Lipinski definition) is 4. The first-order valence-corrected chi connectivity index (χ1v) is 9.34. The first-order valence-electron chi connectivity index (χ1n) is 9.34. The third-order valence-corrected chi connectivity index (χ3v) is 7.17. The zero-order valence-electron chi connectivity index (χ0n) is 17.7. The van der Waals surface area contributed by atoms with Crippen LogP contribution in [0, 0.1) is 10.4 Å². The Hall–Kier alpha value is -2.32. The molecule has 3 rings (SSSR count). The lowest BCUT2D eigenvalue weighted by Gasteiger charge is -2.32. The van der Waals surface area contributed by atoms with Crippen LogP contribution < -0.4 is 0 Å². The molecule has 0 saturated carbocycles. The average Bonchev–Trinajstić information content (AvgIpc) is 2.79. The monoisotopic (exact) mass is 388 g/mol. The van der Waals surface area contributed by atoms with Crippen LogP contribution in [-0.4, -0.2) is 53.4 Å². The molecule has 2 radical (unpaired) electrons. The molecule has 0 amide bonds. The number of nitrogens with zero attached hydrogens (tertiary/aromatic N) is 4. The van der Waals surface area contributed by atoms with E-state index >= 15 is 0 Å². The highest BCUT2D eigenvalue weighted by atomic mass is 16.5. The molecule has 0 unspecified atom stereocenters. The zero-order chi connectivity index (χ0) is 21.4. The maximum absolute atomic E-state index is 12.9. The highest BCUT2D eigenvalue weighted by Crippen LogP contribution is 2.39. The molecule has 0 fully saturated rings. The Morgan fingerprint density at radius 2 is 1.04 bits per heavy atom. The summed E-state index contributed by atoms with van der Waals surface area (Å²) in [6.45, 7) is 13.8. The van der Waals surface area contributed by atoms with E-state index in [0.29, 0.717) is 11.1 Å². The minimum atomic E-state index is -0.945. The summed E-state index contributed by atoms with van der Waals surface area (Å²) in [6.07, 6.45) is 0. The molecule has 28 heavy (non-hydrogen) atoms. The van der Waals surface area contributed by atoms with Gasteiger partial charge in [0.1, 0.15) is 11.1 Å². The van der Waals surface area contributed by atoms with E-state index in [2.05, 4.69) is 0 Å². The van der Waals surface area contributed by atoms with E-state index in [1.807, 2.05) is 0 Å². The molecule has 0 aromatic heterocycles. The molecule has 0 saturated heterocycles. The first-order chi connectivity index (χ1) is 12.6. The average molecular weight is 388 g/mol. The molecule has 0 N–H and O–H groups in total. The van der Waals surface area contributed by atoms with E-state index in [-0.39, 0.29) is 11.7 Å². The summed E-state index contributed by atoms with van der Waals surface area (Å²) < 4.78 is 1.44. The lowest BCUT2D eigenvalue weighted by atomic mass is 9.84. The molecule has 8 heteroatoms. The van der Waals surface area contributed by atoms with E-state index < -0.39 is 22.2 Å². The van der Waals surface area contributed by atoms with Gasteiger partial charge in [-0.25, -0.2) is 0 Å². The molecular formula is C20H28N4O4. The van der Waals surface area contributed by atoms with Crippen molar-refractivity contribution in [2.75, 3.05) is 0 Å². The third-order valence-electron chi connectivity index (χ3n) is 7.17. The predicted octanol–water partition coefficient (Wildman–Crippen LogP) is 2.64. The summed E-state index contributed by atoms with van der Waals surface area (Å²) in [4.78, 5) is 0. The third kappa shape index (κ3) is 2.24. The fraction of sp³-hybridized carbons (Fsp3) is 0.600. The lowest BCUT2D eigenvalue weighted by molar-refractivity contribution is -0.539. The van der Waals surface area contributed by atoms with Crippen molar-refractivity contribution in [3.63, 3.8) is 0 Å². The van der Waals surface area contributed by atoms with Crippen LogP contribution in [0.4, 0.5) is 0 Å². The minimum Gasteiger partial charge on any atom is -0.714 e. The fourth-order valence-corrected chi connectivity index (χ4v) is 3.48. The van der Waals surface area contributed by atoms with Crippen molar-refractivity contribution in [3.05, 3.63) is 45.8 Å². The summed E-state index contributed by atoms with van der Waals surface area (Å²) in [7, 11) is 0. The van der Waals surface area contributed by atoms with Crippen LogP contribution >= 0.6 is 0 Å². The molecule has 1 aromatic rings. The molecule has 152 valence electrons. The SMILES string of the molecule is CC1(C)N([O])C(c2cccc(C3=[N+]([O-])C(C)(C)C(C)(C)N3[O])c2)=[N+]([O-])C1(C)C. The van der Waals surface area contributed by atoms with Crippen molar-refractivity contribution in [2.24, 2.45) is 0 Å².